The Balaban J connectivity index is 1.93. The third-order valence-electron chi connectivity index (χ3n) is 5.31. The van der Waals surface area contributed by atoms with Crippen molar-refractivity contribution in [2.24, 2.45) is 0 Å². The van der Waals surface area contributed by atoms with Crippen LogP contribution in [0.15, 0.2) is 58.3 Å². The highest BCUT2D eigenvalue weighted by Crippen LogP contribution is 2.31. The zero-order valence-electron chi connectivity index (χ0n) is 19.2. The van der Waals surface area contributed by atoms with Crippen LogP contribution in [-0.4, -0.2) is 73.5 Å². The SMILES string of the molecule is COC[C@H]1O[C@H](O)[C@H](OS(=O)(=O)c2ccc(C)cc2)[C@@H](OC)[C@@H]1OS(=O)(=O)c1ccc(C)cc1. The van der Waals surface area contributed by atoms with Gasteiger partial charge in [-0.15, -0.1) is 0 Å². The van der Waals surface area contributed by atoms with Gasteiger partial charge in [-0.05, 0) is 38.1 Å². The fraction of sp³-hybridized carbons (Fsp3) is 0.455. The molecular weight excluding hydrogens is 488 g/mol. The summed E-state index contributed by atoms with van der Waals surface area (Å²) in [7, 11) is -6.10. The van der Waals surface area contributed by atoms with Crippen LogP contribution in [0, 0.1) is 13.8 Å². The Labute approximate surface area is 199 Å². The average molecular weight is 517 g/mol. The van der Waals surface area contributed by atoms with Gasteiger partial charge in [0.2, 0.25) is 0 Å². The molecule has 5 atom stereocenters. The van der Waals surface area contributed by atoms with Gasteiger partial charge in [-0.25, -0.2) is 0 Å². The van der Waals surface area contributed by atoms with Crippen LogP contribution in [0.25, 0.3) is 0 Å². The van der Waals surface area contributed by atoms with Crippen molar-refractivity contribution < 1.29 is 44.5 Å². The van der Waals surface area contributed by atoms with Crippen LogP contribution in [-0.2, 0) is 42.8 Å². The summed E-state index contributed by atoms with van der Waals surface area (Å²) in [6.45, 7) is 3.44. The van der Waals surface area contributed by atoms with E-state index < -0.39 is 50.9 Å². The number of ether oxygens (including phenoxy) is 3. The molecule has 0 unspecified atom stereocenters. The van der Waals surface area contributed by atoms with Crippen molar-refractivity contribution in [3.63, 3.8) is 0 Å². The molecule has 0 radical (unpaired) electrons. The molecule has 0 saturated carbocycles. The highest BCUT2D eigenvalue weighted by atomic mass is 32.2. The maximum atomic E-state index is 13.0. The first-order valence-corrected chi connectivity index (χ1v) is 13.2. The van der Waals surface area contributed by atoms with Crippen molar-refractivity contribution >= 4 is 20.2 Å². The van der Waals surface area contributed by atoms with Crippen molar-refractivity contribution in [3.05, 3.63) is 59.7 Å². The van der Waals surface area contributed by atoms with Crippen LogP contribution in [0.4, 0.5) is 0 Å². The van der Waals surface area contributed by atoms with Gasteiger partial charge in [-0.3, -0.25) is 8.37 Å². The highest BCUT2D eigenvalue weighted by Gasteiger charge is 2.51. The van der Waals surface area contributed by atoms with Gasteiger partial charge in [-0.1, -0.05) is 35.4 Å². The zero-order chi connectivity index (χ0) is 25.1. The molecule has 0 spiro atoms. The van der Waals surface area contributed by atoms with Gasteiger partial charge in [0.25, 0.3) is 20.2 Å². The number of rotatable bonds is 9. The van der Waals surface area contributed by atoms with Crippen molar-refractivity contribution in [2.45, 2.75) is 54.3 Å². The summed E-state index contributed by atoms with van der Waals surface area (Å²) < 4.78 is 78.2. The number of hydrogen-bond acceptors (Lipinski definition) is 10. The Morgan fingerprint density at radius 1 is 0.765 bits per heavy atom. The summed E-state index contributed by atoms with van der Waals surface area (Å²) in [6.07, 6.45) is -7.23. The molecular formula is C22H28O10S2. The van der Waals surface area contributed by atoms with Gasteiger partial charge < -0.3 is 19.3 Å². The average Bonchev–Trinajstić information content (AvgIpc) is 2.77. The van der Waals surface area contributed by atoms with Crippen LogP contribution < -0.4 is 0 Å². The third-order valence-corrected chi connectivity index (χ3v) is 7.96. The summed E-state index contributed by atoms with van der Waals surface area (Å²) in [5.74, 6) is 0. The largest absolute Gasteiger partial charge is 0.382 e. The summed E-state index contributed by atoms with van der Waals surface area (Å²) in [5.41, 5.74) is 1.69. The number of hydrogen-bond donors (Lipinski definition) is 1. The fourth-order valence-electron chi connectivity index (χ4n) is 3.49. The van der Waals surface area contributed by atoms with Crippen LogP contribution in [0.2, 0.25) is 0 Å². The molecule has 0 bridgehead atoms. The van der Waals surface area contributed by atoms with Gasteiger partial charge in [0.05, 0.1) is 16.4 Å². The molecule has 1 heterocycles. The molecule has 1 aliphatic heterocycles. The van der Waals surface area contributed by atoms with Gasteiger partial charge in [0.1, 0.15) is 18.3 Å². The first-order valence-electron chi connectivity index (χ1n) is 10.3. The first-order chi connectivity index (χ1) is 16.0. The van der Waals surface area contributed by atoms with Crippen molar-refractivity contribution in [3.8, 4) is 0 Å². The maximum absolute atomic E-state index is 13.0. The Bertz CT molecular complexity index is 1160. The second kappa shape index (κ2) is 10.8. The van der Waals surface area contributed by atoms with Crippen molar-refractivity contribution in [2.75, 3.05) is 20.8 Å². The molecule has 34 heavy (non-hydrogen) atoms. The molecule has 0 amide bonds. The highest BCUT2D eigenvalue weighted by molar-refractivity contribution is 7.87. The molecule has 2 aromatic rings. The molecule has 0 aromatic heterocycles. The molecule has 188 valence electrons. The molecule has 12 heteroatoms. The lowest BCUT2D eigenvalue weighted by Gasteiger charge is -2.42. The summed E-state index contributed by atoms with van der Waals surface area (Å²) in [5, 5.41) is 10.5. The lowest BCUT2D eigenvalue weighted by atomic mass is 9.99. The van der Waals surface area contributed by atoms with E-state index in [1.165, 1.54) is 38.5 Å². The second-order valence-corrected chi connectivity index (χ2v) is 11.0. The zero-order valence-corrected chi connectivity index (χ0v) is 20.8. The normalized spacial score (nSPS) is 25.9. The number of aryl methyl sites for hydroxylation is 2. The quantitative estimate of drug-likeness (QED) is 0.489. The molecule has 3 rings (SSSR count). The van der Waals surface area contributed by atoms with Gasteiger partial charge in [0, 0.05) is 14.2 Å². The van der Waals surface area contributed by atoms with Gasteiger partial charge >= 0.3 is 0 Å². The molecule has 1 fully saturated rings. The van der Waals surface area contributed by atoms with E-state index in [1.54, 1.807) is 38.1 Å². The molecule has 1 N–H and O–H groups in total. The van der Waals surface area contributed by atoms with E-state index in [1.807, 2.05) is 0 Å². The minimum Gasteiger partial charge on any atom is -0.382 e. The number of aliphatic hydroxyl groups excluding tert-OH is 1. The van der Waals surface area contributed by atoms with Crippen LogP contribution in [0.1, 0.15) is 11.1 Å². The van der Waals surface area contributed by atoms with Gasteiger partial charge in [0.15, 0.2) is 12.4 Å². The minimum absolute atomic E-state index is 0.111. The molecule has 1 saturated heterocycles. The lowest BCUT2D eigenvalue weighted by Crippen LogP contribution is -2.61. The molecule has 1 aliphatic rings. The summed E-state index contributed by atoms with van der Waals surface area (Å²) in [4.78, 5) is -0.260. The summed E-state index contributed by atoms with van der Waals surface area (Å²) >= 11 is 0. The standard InChI is InChI=1S/C22H28O10S2/c1-14-5-9-16(10-6-14)33(24,25)31-19-18(13-28-3)30-22(23)21(20(19)29-4)32-34(26,27)17-11-7-15(2)8-12-17/h5-12,18-23H,13H2,1-4H3/t18-,19-,20+,21-,22+/m1/s1. The van der Waals surface area contributed by atoms with Crippen LogP contribution in [0.5, 0.6) is 0 Å². The van der Waals surface area contributed by atoms with E-state index in [0.29, 0.717) is 0 Å². The number of methoxy groups -OCH3 is 2. The Morgan fingerprint density at radius 3 is 1.62 bits per heavy atom. The molecule has 10 nitrogen and oxygen atoms in total. The van der Waals surface area contributed by atoms with Crippen molar-refractivity contribution in [1.29, 1.82) is 0 Å². The van der Waals surface area contributed by atoms with E-state index >= 15 is 0 Å². The lowest BCUT2D eigenvalue weighted by molar-refractivity contribution is -0.280. The smallest absolute Gasteiger partial charge is 0.297 e. The Morgan fingerprint density at radius 2 is 1.21 bits per heavy atom. The van der Waals surface area contributed by atoms with E-state index in [9.17, 15) is 21.9 Å². The van der Waals surface area contributed by atoms with Crippen LogP contribution >= 0.6 is 0 Å². The van der Waals surface area contributed by atoms with E-state index in [2.05, 4.69) is 0 Å². The summed E-state index contributed by atoms with van der Waals surface area (Å²) in [6, 6.07) is 11.9. The van der Waals surface area contributed by atoms with E-state index in [0.717, 1.165) is 11.1 Å². The predicted molar refractivity (Wildman–Crippen MR) is 120 cm³/mol. The third kappa shape index (κ3) is 6.01. The second-order valence-electron chi connectivity index (χ2n) is 7.88. The van der Waals surface area contributed by atoms with Crippen LogP contribution in [0.3, 0.4) is 0 Å². The van der Waals surface area contributed by atoms with Gasteiger partial charge in [-0.2, -0.15) is 16.8 Å². The molecule has 2 aromatic carbocycles. The van der Waals surface area contributed by atoms with E-state index in [4.69, 9.17) is 22.6 Å². The first kappa shape index (κ1) is 26.7. The minimum atomic E-state index is -4.36. The fourth-order valence-corrected chi connectivity index (χ4v) is 5.68. The number of aliphatic hydroxyl groups is 1. The number of benzene rings is 2. The maximum Gasteiger partial charge on any atom is 0.297 e. The molecule has 0 aliphatic carbocycles. The Kier molecular flexibility index (Phi) is 8.47. The predicted octanol–water partition coefficient (Wildman–Crippen LogP) is 1.53. The topological polar surface area (TPSA) is 135 Å². The van der Waals surface area contributed by atoms with Crippen molar-refractivity contribution in [1.82, 2.24) is 0 Å². The van der Waals surface area contributed by atoms with E-state index in [-0.39, 0.29) is 16.4 Å². The Hall–Kier alpha value is -1.90. The monoisotopic (exact) mass is 516 g/mol.